The van der Waals surface area contributed by atoms with E-state index in [1.165, 1.54) is 107 Å². The molecule has 0 atom stereocenters. The molecule has 0 aliphatic carbocycles. The maximum Gasteiger partial charge on any atom is 0.298 e. The minimum absolute atomic E-state index is 0.00695. The molecule has 0 amide bonds. The highest BCUT2D eigenvalue weighted by atomic mass is 32.2. The SMILES string of the molecule is CCCCCCCCCCCCCCCCCCOc1c(S(=O)(=O)O)c2ccc3ccc(S(=O)(=O)O)c4ccc(c1S(=O)(=O)O)c2c34. The molecule has 3 N–H and O–H groups in total. The highest BCUT2D eigenvalue weighted by molar-refractivity contribution is 7.87. The quantitative estimate of drug-likeness (QED) is 0.0430. The molecule has 0 heterocycles. The topological polar surface area (TPSA) is 172 Å². The second kappa shape index (κ2) is 16.2. The van der Waals surface area contributed by atoms with Crippen LogP contribution in [0.25, 0.3) is 32.3 Å². The molecule has 4 rings (SSSR count). The molecule has 0 fully saturated rings. The van der Waals surface area contributed by atoms with E-state index in [-0.39, 0.29) is 33.5 Å². The smallest absolute Gasteiger partial charge is 0.298 e. The maximum absolute atomic E-state index is 12.8. The summed E-state index contributed by atoms with van der Waals surface area (Å²) >= 11 is 0. The van der Waals surface area contributed by atoms with Crippen molar-refractivity contribution in [3.8, 4) is 5.75 Å². The number of hydrogen-bond acceptors (Lipinski definition) is 7. The minimum Gasteiger partial charge on any atom is -0.491 e. The Hall–Kier alpha value is -2.55. The summed E-state index contributed by atoms with van der Waals surface area (Å²) in [4.78, 5) is -2.16. The van der Waals surface area contributed by atoms with Crippen molar-refractivity contribution >= 4 is 62.7 Å². The standard InChI is InChI=1S/C34H46O10S3/c1-2-3-4-5-6-7-8-9-10-11-12-13-14-15-16-17-24-44-32-33(46(38,39)40)27-20-18-25-19-23-29(45(35,36)37)26-21-22-28(31(27)30(25)26)34(32)47(41,42)43/h18-23H,2-17,24H2,1H3,(H,35,36,37)(H,38,39,40)(H,41,42,43). The molecule has 0 radical (unpaired) electrons. The molecule has 0 saturated heterocycles. The molecule has 47 heavy (non-hydrogen) atoms. The van der Waals surface area contributed by atoms with Crippen molar-refractivity contribution in [3.05, 3.63) is 36.4 Å². The second-order valence-corrected chi connectivity index (χ2v) is 16.5. The number of hydrogen-bond donors (Lipinski definition) is 3. The largest absolute Gasteiger partial charge is 0.491 e. The molecule has 0 saturated carbocycles. The zero-order valence-electron chi connectivity index (χ0n) is 26.9. The van der Waals surface area contributed by atoms with Crippen LogP contribution in [0.3, 0.4) is 0 Å². The number of unbranched alkanes of at least 4 members (excludes halogenated alkanes) is 15. The summed E-state index contributed by atoms with van der Waals surface area (Å²) in [6.45, 7) is 2.17. The second-order valence-electron chi connectivity index (χ2n) is 12.4. The first-order valence-corrected chi connectivity index (χ1v) is 20.9. The molecular weight excluding hydrogens is 665 g/mol. The first-order valence-electron chi connectivity index (χ1n) is 16.6. The Morgan fingerprint density at radius 2 is 0.894 bits per heavy atom. The van der Waals surface area contributed by atoms with Gasteiger partial charge in [0.05, 0.1) is 6.61 Å². The predicted molar refractivity (Wildman–Crippen MR) is 185 cm³/mol. The maximum atomic E-state index is 12.8. The van der Waals surface area contributed by atoms with Gasteiger partial charge in [-0.15, -0.1) is 0 Å². The van der Waals surface area contributed by atoms with E-state index in [2.05, 4.69) is 6.92 Å². The van der Waals surface area contributed by atoms with E-state index in [4.69, 9.17) is 4.74 Å². The molecule has 0 aliphatic heterocycles. The molecule has 10 nitrogen and oxygen atoms in total. The van der Waals surface area contributed by atoms with Crippen molar-refractivity contribution in [3.63, 3.8) is 0 Å². The van der Waals surface area contributed by atoms with Crippen molar-refractivity contribution in [1.29, 1.82) is 0 Å². The van der Waals surface area contributed by atoms with Crippen molar-refractivity contribution in [1.82, 2.24) is 0 Å². The van der Waals surface area contributed by atoms with E-state index in [0.717, 1.165) is 25.7 Å². The Kier molecular flexibility index (Phi) is 12.9. The van der Waals surface area contributed by atoms with Gasteiger partial charge >= 0.3 is 0 Å². The van der Waals surface area contributed by atoms with Gasteiger partial charge in [0.25, 0.3) is 30.4 Å². The van der Waals surface area contributed by atoms with Crippen LogP contribution in [0, 0.1) is 0 Å². The van der Waals surface area contributed by atoms with Gasteiger partial charge in [0.15, 0.2) is 5.75 Å². The van der Waals surface area contributed by atoms with Crippen LogP contribution < -0.4 is 4.74 Å². The zero-order valence-corrected chi connectivity index (χ0v) is 29.4. The average molecular weight is 711 g/mol. The van der Waals surface area contributed by atoms with Crippen molar-refractivity contribution in [2.24, 2.45) is 0 Å². The zero-order chi connectivity index (χ0) is 34.2. The summed E-state index contributed by atoms with van der Waals surface area (Å²) in [5.74, 6) is -0.697. The van der Waals surface area contributed by atoms with Gasteiger partial charge in [-0.3, -0.25) is 13.7 Å². The Balaban J connectivity index is 1.44. The monoisotopic (exact) mass is 710 g/mol. The van der Waals surface area contributed by atoms with E-state index in [9.17, 15) is 38.9 Å². The Morgan fingerprint density at radius 1 is 0.489 bits per heavy atom. The fourth-order valence-electron chi connectivity index (χ4n) is 6.54. The van der Waals surface area contributed by atoms with Gasteiger partial charge in [-0.25, -0.2) is 0 Å². The number of benzene rings is 4. The molecule has 4 aromatic rings. The van der Waals surface area contributed by atoms with Gasteiger partial charge in [0.2, 0.25) is 0 Å². The lowest BCUT2D eigenvalue weighted by Gasteiger charge is -2.20. The van der Waals surface area contributed by atoms with Gasteiger partial charge in [0.1, 0.15) is 14.7 Å². The lowest BCUT2D eigenvalue weighted by molar-refractivity contribution is 0.288. The van der Waals surface area contributed by atoms with E-state index < -0.39 is 50.8 Å². The van der Waals surface area contributed by atoms with Gasteiger partial charge in [-0.1, -0.05) is 134 Å². The average Bonchev–Trinajstić information content (AvgIpc) is 2.99. The molecule has 0 bridgehead atoms. The molecule has 0 spiro atoms. The van der Waals surface area contributed by atoms with E-state index in [0.29, 0.717) is 11.8 Å². The Morgan fingerprint density at radius 3 is 1.34 bits per heavy atom. The van der Waals surface area contributed by atoms with Crippen LogP contribution in [0.4, 0.5) is 0 Å². The third kappa shape index (κ3) is 9.33. The van der Waals surface area contributed by atoms with Crippen LogP contribution in [0.2, 0.25) is 0 Å². The summed E-state index contributed by atoms with van der Waals surface area (Å²) in [5, 5.41) is 0.280. The lowest BCUT2D eigenvalue weighted by atomic mass is 9.94. The normalized spacial score (nSPS) is 12.9. The first kappa shape index (κ1) is 37.3. The van der Waals surface area contributed by atoms with Crippen LogP contribution in [0.5, 0.6) is 5.75 Å². The van der Waals surface area contributed by atoms with Crippen LogP contribution in [-0.2, 0) is 30.4 Å². The third-order valence-electron chi connectivity index (χ3n) is 8.81. The Labute approximate surface area is 278 Å². The molecule has 0 aromatic heterocycles. The predicted octanol–water partition coefficient (Wildman–Crippen LogP) is 8.96. The van der Waals surface area contributed by atoms with Crippen molar-refractivity contribution in [2.45, 2.75) is 124 Å². The lowest BCUT2D eigenvalue weighted by Crippen LogP contribution is -2.12. The van der Waals surface area contributed by atoms with Gasteiger partial charge in [-0.2, -0.15) is 25.3 Å². The van der Waals surface area contributed by atoms with Crippen LogP contribution in [0.15, 0.2) is 51.1 Å². The summed E-state index contributed by atoms with van der Waals surface area (Å²) in [6, 6.07) is 7.89. The number of ether oxygens (including phenoxy) is 1. The summed E-state index contributed by atoms with van der Waals surface area (Å²) in [7, 11) is -14.9. The minimum atomic E-state index is -5.12. The van der Waals surface area contributed by atoms with Gasteiger partial charge in [0, 0.05) is 21.5 Å². The summed E-state index contributed by atoms with van der Waals surface area (Å²) in [5.41, 5.74) is 0. The number of rotatable bonds is 21. The summed E-state index contributed by atoms with van der Waals surface area (Å²) in [6.07, 6.45) is 18.6. The highest BCUT2D eigenvalue weighted by Gasteiger charge is 2.33. The first-order chi connectivity index (χ1) is 22.3. The third-order valence-corrected chi connectivity index (χ3v) is 11.6. The van der Waals surface area contributed by atoms with Crippen LogP contribution in [-0.4, -0.2) is 45.5 Å². The van der Waals surface area contributed by atoms with Crippen molar-refractivity contribution < 1.29 is 43.6 Å². The molecule has 0 unspecified atom stereocenters. The molecule has 4 aromatic carbocycles. The fraction of sp³-hybridized carbons (Fsp3) is 0.529. The molecule has 13 heteroatoms. The van der Waals surface area contributed by atoms with Crippen LogP contribution in [0.1, 0.15) is 110 Å². The van der Waals surface area contributed by atoms with E-state index in [1.807, 2.05) is 0 Å². The fourth-order valence-corrected chi connectivity index (χ4v) is 8.98. The Bertz CT molecular complexity index is 1930. The molecule has 260 valence electrons. The summed E-state index contributed by atoms with van der Waals surface area (Å²) < 4.78 is 111. The molecule has 0 aliphatic rings. The van der Waals surface area contributed by atoms with Crippen molar-refractivity contribution in [2.75, 3.05) is 6.61 Å². The highest BCUT2D eigenvalue weighted by Crippen LogP contribution is 2.47. The van der Waals surface area contributed by atoms with E-state index in [1.54, 1.807) is 0 Å². The molecular formula is C34H46O10S3. The van der Waals surface area contributed by atoms with Gasteiger partial charge in [-0.05, 0) is 23.3 Å². The van der Waals surface area contributed by atoms with Crippen LogP contribution >= 0.6 is 0 Å². The van der Waals surface area contributed by atoms with E-state index >= 15 is 0 Å². The van der Waals surface area contributed by atoms with Gasteiger partial charge < -0.3 is 4.74 Å².